The molecule has 2 aromatic heterocycles. The van der Waals surface area contributed by atoms with Gasteiger partial charge in [0.1, 0.15) is 10.8 Å². The van der Waals surface area contributed by atoms with Crippen molar-refractivity contribution in [1.29, 1.82) is 0 Å². The molecule has 0 unspecified atom stereocenters. The number of carbonyl (C=O) groups excluding carboxylic acids is 3. The predicted octanol–water partition coefficient (Wildman–Crippen LogP) is 4.79. The van der Waals surface area contributed by atoms with Crippen molar-refractivity contribution < 1.29 is 23.9 Å². The first kappa shape index (κ1) is 30.6. The lowest BCUT2D eigenvalue weighted by molar-refractivity contribution is -0.120. The summed E-state index contributed by atoms with van der Waals surface area (Å²) in [6.07, 6.45) is 4.86. The van der Waals surface area contributed by atoms with Crippen LogP contribution in [0.1, 0.15) is 72.2 Å². The molecule has 0 saturated heterocycles. The fourth-order valence-corrected chi connectivity index (χ4v) is 6.76. The van der Waals surface area contributed by atoms with Gasteiger partial charge in [0.15, 0.2) is 11.0 Å². The number of anilines is 1. The molecule has 3 aromatic rings. The standard InChI is InChI=1S/C29H37N5O5S2/c1-5-7-15-34-23(17-30-24(35)16-19-11-13-20(38-4)14-12-19)32-33-29(34)40-18(3)26(36)31-27-25(28(37)39-6-2)21-9-8-10-22(21)41-27/h11-14,18H,5-10,15-17H2,1-4H3,(H,30,35)(H,31,36)/t18-/m1/s1. The number of ether oxygens (including phenoxy) is 2. The van der Waals surface area contributed by atoms with E-state index in [9.17, 15) is 14.4 Å². The van der Waals surface area contributed by atoms with Crippen LogP contribution < -0.4 is 15.4 Å². The van der Waals surface area contributed by atoms with Gasteiger partial charge in [0.25, 0.3) is 0 Å². The van der Waals surface area contributed by atoms with Gasteiger partial charge in [0.05, 0.1) is 37.5 Å². The second kappa shape index (κ2) is 14.5. The molecule has 220 valence electrons. The number of nitrogens with zero attached hydrogens (tertiary/aromatic N) is 3. The highest BCUT2D eigenvalue weighted by atomic mass is 32.2. The summed E-state index contributed by atoms with van der Waals surface area (Å²) < 4.78 is 12.4. The third-order valence-corrected chi connectivity index (χ3v) is 9.07. The number of methoxy groups -OCH3 is 1. The molecule has 12 heteroatoms. The molecule has 1 atom stereocenters. The fourth-order valence-electron chi connectivity index (χ4n) is 4.58. The van der Waals surface area contributed by atoms with E-state index in [4.69, 9.17) is 9.47 Å². The smallest absolute Gasteiger partial charge is 0.341 e. The van der Waals surface area contributed by atoms with E-state index in [1.54, 1.807) is 21.0 Å². The maximum Gasteiger partial charge on any atom is 0.341 e. The summed E-state index contributed by atoms with van der Waals surface area (Å²) in [5.74, 6) is 0.642. The van der Waals surface area contributed by atoms with Gasteiger partial charge in [0, 0.05) is 11.4 Å². The van der Waals surface area contributed by atoms with E-state index in [1.807, 2.05) is 28.8 Å². The second-order valence-corrected chi connectivity index (χ2v) is 12.1. The molecule has 0 aliphatic heterocycles. The number of rotatable bonds is 14. The molecule has 10 nitrogen and oxygen atoms in total. The first-order valence-electron chi connectivity index (χ1n) is 13.9. The number of esters is 1. The van der Waals surface area contributed by atoms with Crippen LogP contribution in [0.15, 0.2) is 29.4 Å². The molecule has 2 N–H and O–H groups in total. The topological polar surface area (TPSA) is 124 Å². The highest BCUT2D eigenvalue weighted by Crippen LogP contribution is 2.40. The number of benzene rings is 1. The molecule has 1 aromatic carbocycles. The third-order valence-electron chi connectivity index (χ3n) is 6.79. The Balaban J connectivity index is 1.40. The van der Waals surface area contributed by atoms with Crippen LogP contribution in [0.25, 0.3) is 0 Å². The van der Waals surface area contributed by atoms with Crippen molar-refractivity contribution in [2.24, 2.45) is 0 Å². The third kappa shape index (κ3) is 7.68. The molecular formula is C29H37N5O5S2. The van der Waals surface area contributed by atoms with E-state index < -0.39 is 5.25 Å². The maximum atomic E-state index is 13.2. The number of unbranched alkanes of at least 4 members (excludes halogenated alkanes) is 1. The van der Waals surface area contributed by atoms with E-state index in [0.29, 0.717) is 28.1 Å². The van der Waals surface area contributed by atoms with Crippen LogP contribution >= 0.6 is 23.1 Å². The lowest BCUT2D eigenvalue weighted by atomic mass is 10.1. The molecule has 41 heavy (non-hydrogen) atoms. The Hall–Kier alpha value is -3.38. The summed E-state index contributed by atoms with van der Waals surface area (Å²) in [7, 11) is 1.60. The van der Waals surface area contributed by atoms with Gasteiger partial charge in [-0.05, 0) is 62.8 Å². The Bertz CT molecular complexity index is 1370. The van der Waals surface area contributed by atoms with Crippen molar-refractivity contribution in [3.63, 3.8) is 0 Å². The summed E-state index contributed by atoms with van der Waals surface area (Å²) >= 11 is 2.77. The molecule has 1 aliphatic carbocycles. The number of carbonyl (C=O) groups is 3. The van der Waals surface area contributed by atoms with Gasteiger partial charge in [-0.2, -0.15) is 0 Å². The second-order valence-electron chi connectivity index (χ2n) is 9.74. The quantitative estimate of drug-likeness (QED) is 0.200. The van der Waals surface area contributed by atoms with Gasteiger partial charge in [-0.3, -0.25) is 9.59 Å². The van der Waals surface area contributed by atoms with E-state index in [0.717, 1.165) is 53.9 Å². The number of nitrogens with one attached hydrogen (secondary N) is 2. The fraction of sp³-hybridized carbons (Fsp3) is 0.483. The number of fused-ring (bicyclic) bond motifs is 1. The molecular weight excluding hydrogens is 562 g/mol. The average molecular weight is 600 g/mol. The minimum atomic E-state index is -0.496. The first-order chi connectivity index (χ1) is 19.8. The molecule has 4 rings (SSSR count). The molecule has 1 aliphatic rings. The van der Waals surface area contributed by atoms with Crippen molar-refractivity contribution in [2.75, 3.05) is 19.0 Å². The number of thiophene rings is 1. The first-order valence-corrected chi connectivity index (χ1v) is 15.6. The van der Waals surface area contributed by atoms with Gasteiger partial charge >= 0.3 is 5.97 Å². The number of aromatic nitrogens is 3. The molecule has 0 radical (unpaired) electrons. The van der Waals surface area contributed by atoms with Crippen molar-refractivity contribution in [3.8, 4) is 5.75 Å². The predicted molar refractivity (Wildman–Crippen MR) is 160 cm³/mol. The SMILES string of the molecule is CCCCn1c(CNC(=O)Cc2ccc(OC)cc2)nnc1S[C@H](C)C(=O)Nc1sc2c(c1C(=O)OCC)CCC2. The van der Waals surface area contributed by atoms with E-state index in [2.05, 4.69) is 27.8 Å². The van der Waals surface area contributed by atoms with E-state index >= 15 is 0 Å². The van der Waals surface area contributed by atoms with Gasteiger partial charge in [0.2, 0.25) is 11.8 Å². The van der Waals surface area contributed by atoms with Crippen LogP contribution in [-0.4, -0.2) is 51.5 Å². The number of aryl methyl sites for hydroxylation is 1. The largest absolute Gasteiger partial charge is 0.497 e. The van der Waals surface area contributed by atoms with E-state index in [-0.39, 0.29) is 37.4 Å². The number of hydrogen-bond acceptors (Lipinski definition) is 9. The van der Waals surface area contributed by atoms with Crippen molar-refractivity contribution >= 4 is 45.9 Å². The van der Waals surface area contributed by atoms with Gasteiger partial charge in [-0.15, -0.1) is 21.5 Å². The molecule has 0 saturated carbocycles. The lowest BCUT2D eigenvalue weighted by Crippen LogP contribution is -2.26. The lowest BCUT2D eigenvalue weighted by Gasteiger charge is -2.14. The number of thioether (sulfide) groups is 1. The van der Waals surface area contributed by atoms with Crippen LogP contribution in [0.3, 0.4) is 0 Å². The monoisotopic (exact) mass is 599 g/mol. The van der Waals surface area contributed by atoms with Crippen LogP contribution in [-0.2, 0) is 46.7 Å². The normalized spacial score (nSPS) is 13.0. The summed E-state index contributed by atoms with van der Waals surface area (Å²) in [6.45, 7) is 6.87. The highest BCUT2D eigenvalue weighted by Gasteiger charge is 2.29. The van der Waals surface area contributed by atoms with Crippen molar-refractivity contribution in [3.05, 3.63) is 51.7 Å². The van der Waals surface area contributed by atoms with Gasteiger partial charge < -0.3 is 24.7 Å². The average Bonchev–Trinajstić information content (AvgIpc) is 3.66. The minimum Gasteiger partial charge on any atom is -0.497 e. The molecule has 0 fully saturated rings. The summed E-state index contributed by atoms with van der Waals surface area (Å²) in [6, 6.07) is 7.38. The van der Waals surface area contributed by atoms with Crippen LogP contribution in [0.5, 0.6) is 5.75 Å². The Morgan fingerprint density at radius 3 is 2.63 bits per heavy atom. The molecule has 2 amide bonds. The van der Waals surface area contributed by atoms with Crippen LogP contribution in [0.4, 0.5) is 5.00 Å². The van der Waals surface area contributed by atoms with Crippen molar-refractivity contribution in [1.82, 2.24) is 20.1 Å². The minimum absolute atomic E-state index is 0.123. The summed E-state index contributed by atoms with van der Waals surface area (Å²) in [5.41, 5.74) is 2.38. The summed E-state index contributed by atoms with van der Waals surface area (Å²) in [4.78, 5) is 39.7. The molecule has 0 spiro atoms. The number of amides is 2. The van der Waals surface area contributed by atoms with Gasteiger partial charge in [-0.25, -0.2) is 4.79 Å². The maximum absolute atomic E-state index is 13.2. The molecule has 0 bridgehead atoms. The Morgan fingerprint density at radius 2 is 1.93 bits per heavy atom. The zero-order valence-corrected chi connectivity index (χ0v) is 25.6. The van der Waals surface area contributed by atoms with Gasteiger partial charge in [-0.1, -0.05) is 37.2 Å². The highest BCUT2D eigenvalue weighted by molar-refractivity contribution is 8.00. The zero-order valence-electron chi connectivity index (χ0n) is 24.0. The van der Waals surface area contributed by atoms with E-state index in [1.165, 1.54) is 23.1 Å². The summed E-state index contributed by atoms with van der Waals surface area (Å²) in [5, 5.41) is 15.3. The Morgan fingerprint density at radius 1 is 1.15 bits per heavy atom. The Labute approximate surface area is 248 Å². The Kier molecular flexibility index (Phi) is 10.8. The zero-order chi connectivity index (χ0) is 29.4. The molecule has 2 heterocycles. The van der Waals surface area contributed by atoms with Crippen LogP contribution in [0, 0.1) is 0 Å². The number of hydrogen-bond donors (Lipinski definition) is 2. The van der Waals surface area contributed by atoms with Crippen molar-refractivity contribution in [2.45, 2.75) is 82.8 Å². The van der Waals surface area contributed by atoms with Crippen LogP contribution in [0.2, 0.25) is 0 Å².